The molecule has 0 spiro atoms. The van der Waals surface area contributed by atoms with Gasteiger partial charge in [-0.1, -0.05) is 0 Å². The van der Waals surface area contributed by atoms with Crippen LogP contribution in [0.5, 0.6) is 0 Å². The molecule has 0 aromatic carbocycles. The topological polar surface area (TPSA) is 79.4 Å². The Morgan fingerprint density at radius 2 is 2.22 bits per heavy atom. The zero-order valence-electron chi connectivity index (χ0n) is 12.7. The van der Waals surface area contributed by atoms with Crippen LogP contribution in [0.3, 0.4) is 0 Å². The van der Waals surface area contributed by atoms with Crippen molar-refractivity contribution in [2.75, 3.05) is 17.4 Å². The number of carbonyl (C=O) groups excluding carboxylic acids is 1. The van der Waals surface area contributed by atoms with E-state index in [4.69, 9.17) is 0 Å². The van der Waals surface area contributed by atoms with E-state index >= 15 is 0 Å². The van der Waals surface area contributed by atoms with Gasteiger partial charge in [0.2, 0.25) is 5.91 Å². The fourth-order valence-electron chi connectivity index (χ4n) is 2.55. The van der Waals surface area contributed by atoms with Crippen LogP contribution < -0.4 is 9.62 Å². The fraction of sp³-hybridized carbons (Fsp3) is 0.333. The van der Waals surface area contributed by atoms with Gasteiger partial charge in [-0.05, 0) is 36.6 Å². The first kappa shape index (κ1) is 15.9. The Morgan fingerprint density at radius 3 is 3.00 bits per heavy atom. The molecule has 0 aliphatic carbocycles. The fourth-order valence-corrected chi connectivity index (χ4v) is 5.52. The van der Waals surface area contributed by atoms with Crippen molar-refractivity contribution in [1.29, 1.82) is 0 Å². The largest absolute Gasteiger partial charge is 0.356 e. The molecule has 122 valence electrons. The molecular weight excluding hydrogens is 334 g/mol. The molecule has 2 aromatic heterocycles. The van der Waals surface area contributed by atoms with Gasteiger partial charge in [-0.15, -0.1) is 11.3 Å². The number of hydrogen-bond donors (Lipinski definition) is 1. The summed E-state index contributed by atoms with van der Waals surface area (Å²) in [5, 5.41) is 2.71. The first-order valence-corrected chi connectivity index (χ1v) is 9.53. The van der Waals surface area contributed by atoms with Gasteiger partial charge in [0.05, 0.1) is 5.69 Å². The highest BCUT2D eigenvalue weighted by molar-refractivity contribution is 7.94. The Hall–Kier alpha value is -1.93. The third-order valence-corrected chi connectivity index (χ3v) is 7.08. The molecule has 0 saturated heterocycles. The zero-order chi connectivity index (χ0) is 16.4. The lowest BCUT2D eigenvalue weighted by Crippen LogP contribution is -2.28. The average molecular weight is 351 g/mol. The van der Waals surface area contributed by atoms with Gasteiger partial charge in [0.15, 0.2) is 0 Å². The molecule has 3 heterocycles. The second-order valence-corrected chi connectivity index (χ2v) is 8.54. The first-order chi connectivity index (χ1) is 11.0. The molecule has 2 aromatic rings. The van der Waals surface area contributed by atoms with Crippen LogP contribution in [0.25, 0.3) is 0 Å². The van der Waals surface area contributed by atoms with Crippen molar-refractivity contribution in [1.82, 2.24) is 10.3 Å². The molecular formula is C15H17N3O3S2. The van der Waals surface area contributed by atoms with E-state index < -0.39 is 10.0 Å². The van der Waals surface area contributed by atoms with Gasteiger partial charge >= 0.3 is 0 Å². The molecule has 0 fully saturated rings. The summed E-state index contributed by atoms with van der Waals surface area (Å²) in [6.07, 6.45) is 4.64. The highest BCUT2D eigenvalue weighted by Gasteiger charge is 2.31. The van der Waals surface area contributed by atoms with Crippen molar-refractivity contribution in [3.63, 3.8) is 0 Å². The molecule has 1 N–H and O–H groups in total. The minimum Gasteiger partial charge on any atom is -0.356 e. The molecule has 1 amide bonds. The molecule has 3 rings (SSSR count). The van der Waals surface area contributed by atoms with E-state index in [0.717, 1.165) is 10.4 Å². The number of sulfonamides is 1. The third kappa shape index (κ3) is 3.23. The smallest absolute Gasteiger partial charge is 0.273 e. The van der Waals surface area contributed by atoms with Gasteiger partial charge in [0.25, 0.3) is 10.0 Å². The lowest BCUT2D eigenvalue weighted by atomic mass is 10.2. The number of fused-ring (bicyclic) bond motifs is 1. The minimum absolute atomic E-state index is 0.0864. The number of rotatable bonds is 5. The van der Waals surface area contributed by atoms with Crippen molar-refractivity contribution < 1.29 is 13.2 Å². The molecule has 0 radical (unpaired) electrons. The van der Waals surface area contributed by atoms with Crippen LogP contribution in [0.4, 0.5) is 5.69 Å². The van der Waals surface area contributed by atoms with E-state index in [1.54, 1.807) is 24.5 Å². The van der Waals surface area contributed by atoms with Crippen molar-refractivity contribution >= 4 is 33.0 Å². The lowest BCUT2D eigenvalue weighted by Gasteiger charge is -2.18. The Kier molecular flexibility index (Phi) is 4.36. The predicted molar refractivity (Wildman–Crippen MR) is 89.2 cm³/mol. The minimum atomic E-state index is -3.54. The summed E-state index contributed by atoms with van der Waals surface area (Å²) in [5.74, 6) is -0.0864. The standard InChI is InChI=1S/C15H17N3O3S2/c1-11(19)17-8-4-13-2-3-15(22-13)23(20,21)18-9-6-12-10-16-7-5-14(12)18/h2-3,5,7,10H,4,6,8-9H2,1H3,(H,17,19). The molecule has 0 saturated carbocycles. The molecule has 1 aliphatic rings. The van der Waals surface area contributed by atoms with Crippen LogP contribution in [0, 0.1) is 0 Å². The number of anilines is 1. The van der Waals surface area contributed by atoms with E-state index in [2.05, 4.69) is 10.3 Å². The highest BCUT2D eigenvalue weighted by Crippen LogP contribution is 2.34. The van der Waals surface area contributed by atoms with Crippen LogP contribution in [-0.2, 0) is 27.7 Å². The van der Waals surface area contributed by atoms with E-state index in [9.17, 15) is 13.2 Å². The van der Waals surface area contributed by atoms with E-state index in [0.29, 0.717) is 35.8 Å². The normalized spacial score (nSPS) is 13.9. The molecule has 0 bridgehead atoms. The van der Waals surface area contributed by atoms with Crippen LogP contribution >= 0.6 is 11.3 Å². The summed E-state index contributed by atoms with van der Waals surface area (Å²) in [5.41, 5.74) is 1.67. The molecule has 0 atom stereocenters. The van der Waals surface area contributed by atoms with Crippen molar-refractivity contribution in [3.05, 3.63) is 41.0 Å². The van der Waals surface area contributed by atoms with E-state index in [-0.39, 0.29) is 5.91 Å². The van der Waals surface area contributed by atoms with Gasteiger partial charge in [0, 0.05) is 37.3 Å². The number of thiophene rings is 1. The SMILES string of the molecule is CC(=O)NCCc1ccc(S(=O)(=O)N2CCc3cnccc32)s1. The number of aromatic nitrogens is 1. The number of pyridine rings is 1. The monoisotopic (exact) mass is 351 g/mol. The first-order valence-electron chi connectivity index (χ1n) is 7.27. The van der Waals surface area contributed by atoms with Crippen LogP contribution in [0.1, 0.15) is 17.4 Å². The van der Waals surface area contributed by atoms with Gasteiger partial charge < -0.3 is 5.32 Å². The second-order valence-electron chi connectivity index (χ2n) is 5.29. The Balaban J connectivity index is 1.79. The number of nitrogens with zero attached hydrogens (tertiary/aromatic N) is 2. The van der Waals surface area contributed by atoms with Gasteiger partial charge in [-0.2, -0.15) is 0 Å². The second kappa shape index (κ2) is 6.29. The summed E-state index contributed by atoms with van der Waals surface area (Å²) in [7, 11) is -3.54. The number of hydrogen-bond acceptors (Lipinski definition) is 5. The molecule has 8 heteroatoms. The van der Waals surface area contributed by atoms with Gasteiger partial charge in [0.1, 0.15) is 4.21 Å². The van der Waals surface area contributed by atoms with Gasteiger partial charge in [-0.25, -0.2) is 8.42 Å². The third-order valence-electron chi connectivity index (χ3n) is 3.66. The number of amides is 1. The summed E-state index contributed by atoms with van der Waals surface area (Å²) >= 11 is 1.26. The maximum atomic E-state index is 12.8. The lowest BCUT2D eigenvalue weighted by molar-refractivity contribution is -0.118. The summed E-state index contributed by atoms with van der Waals surface area (Å²) in [6, 6.07) is 5.19. The predicted octanol–water partition coefficient (Wildman–Crippen LogP) is 1.57. The molecule has 23 heavy (non-hydrogen) atoms. The van der Waals surface area contributed by atoms with Crippen LogP contribution in [0.2, 0.25) is 0 Å². The molecule has 6 nitrogen and oxygen atoms in total. The summed E-state index contributed by atoms with van der Waals surface area (Å²) < 4.78 is 27.5. The van der Waals surface area contributed by atoms with E-state index in [1.807, 2.05) is 6.07 Å². The van der Waals surface area contributed by atoms with Crippen LogP contribution in [0.15, 0.2) is 34.8 Å². The van der Waals surface area contributed by atoms with Crippen molar-refractivity contribution in [2.24, 2.45) is 0 Å². The number of nitrogens with one attached hydrogen (secondary N) is 1. The maximum absolute atomic E-state index is 12.8. The van der Waals surface area contributed by atoms with Crippen LogP contribution in [-0.4, -0.2) is 32.4 Å². The Bertz CT molecular complexity index is 830. The quantitative estimate of drug-likeness (QED) is 0.887. The maximum Gasteiger partial charge on any atom is 0.273 e. The number of carbonyl (C=O) groups is 1. The van der Waals surface area contributed by atoms with Crippen molar-refractivity contribution in [3.8, 4) is 0 Å². The molecule has 0 unspecified atom stereocenters. The average Bonchev–Trinajstić information content (AvgIpc) is 3.14. The zero-order valence-corrected chi connectivity index (χ0v) is 14.3. The van der Waals surface area contributed by atoms with Gasteiger partial charge in [-0.3, -0.25) is 14.1 Å². The Morgan fingerprint density at radius 1 is 1.39 bits per heavy atom. The highest BCUT2D eigenvalue weighted by atomic mass is 32.2. The van der Waals surface area contributed by atoms with Crippen molar-refractivity contribution in [2.45, 2.75) is 24.0 Å². The Labute approximate surface area is 139 Å². The summed E-state index contributed by atoms with van der Waals surface area (Å²) in [4.78, 5) is 15.9. The molecule has 1 aliphatic heterocycles. The van der Waals surface area contributed by atoms with E-state index in [1.165, 1.54) is 22.6 Å². The summed E-state index contributed by atoms with van der Waals surface area (Å²) in [6.45, 7) is 2.42.